The molecule has 1 aliphatic heterocycles. The maximum Gasteiger partial charge on any atom is 0.372 e. The van der Waals surface area contributed by atoms with Gasteiger partial charge in [-0.25, -0.2) is 0 Å². The zero-order valence-corrected chi connectivity index (χ0v) is 12.9. The second kappa shape index (κ2) is 6.55. The maximum atomic E-state index is 12.1. The van der Waals surface area contributed by atoms with Crippen molar-refractivity contribution in [3.05, 3.63) is 0 Å². The molecule has 0 spiro atoms. The normalized spacial score (nSPS) is 35.7. The van der Waals surface area contributed by atoms with Gasteiger partial charge in [-0.1, -0.05) is 0 Å². The van der Waals surface area contributed by atoms with Crippen molar-refractivity contribution in [2.45, 2.75) is 51.9 Å². The predicted octanol–water partition coefficient (Wildman–Crippen LogP) is 0.343. The molecule has 5 atom stereocenters. The topological polar surface area (TPSA) is 125 Å². The van der Waals surface area contributed by atoms with Gasteiger partial charge < -0.3 is 19.1 Å². The second-order valence-corrected chi connectivity index (χ2v) is 6.37. The van der Waals surface area contributed by atoms with Crippen LogP contribution in [0.25, 0.3) is 0 Å². The molecule has 1 saturated heterocycles. The van der Waals surface area contributed by atoms with Gasteiger partial charge in [0.05, 0.1) is 0 Å². The van der Waals surface area contributed by atoms with Crippen molar-refractivity contribution in [3.63, 3.8) is 0 Å². The van der Waals surface area contributed by atoms with Crippen LogP contribution in [-0.4, -0.2) is 47.0 Å². The summed E-state index contributed by atoms with van der Waals surface area (Å²) in [5.41, 5.74) is 0. The van der Waals surface area contributed by atoms with Crippen LogP contribution in [0.5, 0.6) is 0 Å². The number of carbonyl (C=O) groups is 3. The molecule has 120 valence electrons. The summed E-state index contributed by atoms with van der Waals surface area (Å²) in [5, 5.41) is 0. The van der Waals surface area contributed by atoms with E-state index in [1.54, 1.807) is 0 Å². The highest BCUT2D eigenvalue weighted by Gasteiger charge is 2.56. The van der Waals surface area contributed by atoms with E-state index in [0.29, 0.717) is 0 Å². The molecule has 21 heavy (non-hydrogen) atoms. The van der Waals surface area contributed by atoms with Crippen LogP contribution in [0.1, 0.15) is 27.7 Å². The highest BCUT2D eigenvalue weighted by atomic mass is 31.2. The molecule has 0 aromatic carbocycles. The second-order valence-electron chi connectivity index (χ2n) is 4.52. The fourth-order valence-electron chi connectivity index (χ4n) is 1.95. The Balaban J connectivity index is 3.18. The minimum atomic E-state index is -4.41. The van der Waals surface area contributed by atoms with E-state index >= 15 is 0 Å². The average molecular weight is 324 g/mol. The zero-order chi connectivity index (χ0) is 16.4. The van der Waals surface area contributed by atoms with Crippen LogP contribution in [0.4, 0.5) is 0 Å². The van der Waals surface area contributed by atoms with Crippen LogP contribution in [0.3, 0.4) is 0 Å². The van der Waals surface area contributed by atoms with Gasteiger partial charge in [0, 0.05) is 20.8 Å². The van der Waals surface area contributed by atoms with Gasteiger partial charge in [0.15, 0.2) is 12.2 Å². The highest BCUT2D eigenvalue weighted by molar-refractivity contribution is 7.53. The molecule has 1 rings (SSSR count). The molecule has 0 aliphatic carbocycles. The first-order valence-corrected chi connectivity index (χ1v) is 7.71. The standard InChI is InChI=1S/C11H17O9P/c1-5-9(17-6(2)12)10(18-7(3)13)11(19-8(4)14)21(15,16)20-5/h5,9-11H,1-4H3,(H,15,16)/t5-,9+,10+,11+/m0/s1. The molecule has 0 bridgehead atoms. The first kappa shape index (κ1) is 17.6. The molecular formula is C11H17O9P. The minimum Gasteiger partial charge on any atom is -0.456 e. The molecule has 0 saturated carbocycles. The third-order valence-corrected chi connectivity index (χ3v) is 4.27. The van der Waals surface area contributed by atoms with E-state index in [0.717, 1.165) is 20.8 Å². The molecular weight excluding hydrogens is 307 g/mol. The summed E-state index contributed by atoms with van der Waals surface area (Å²) >= 11 is 0. The van der Waals surface area contributed by atoms with Gasteiger partial charge in [-0.05, 0) is 6.92 Å². The number of carbonyl (C=O) groups excluding carboxylic acids is 3. The van der Waals surface area contributed by atoms with E-state index in [1.807, 2.05) is 0 Å². The van der Waals surface area contributed by atoms with Gasteiger partial charge in [-0.2, -0.15) is 0 Å². The third-order valence-electron chi connectivity index (χ3n) is 2.60. The maximum absolute atomic E-state index is 12.1. The lowest BCUT2D eigenvalue weighted by Crippen LogP contribution is -2.54. The minimum absolute atomic E-state index is 0.705. The Kier molecular flexibility index (Phi) is 5.49. The summed E-state index contributed by atoms with van der Waals surface area (Å²) in [5.74, 6) is -4.13. The van der Waals surface area contributed by atoms with Crippen LogP contribution < -0.4 is 0 Å². The van der Waals surface area contributed by atoms with Gasteiger partial charge in [0.25, 0.3) is 0 Å². The SMILES string of the molecule is CC(=O)O[C@@H]1[C@H](OC(C)=O)[C@H](C)OP(=O)(O)[C@H]1OC(C)=O. The van der Waals surface area contributed by atoms with Gasteiger partial charge in [0.2, 0.25) is 5.85 Å². The summed E-state index contributed by atoms with van der Waals surface area (Å²) in [6, 6.07) is 0. The monoisotopic (exact) mass is 324 g/mol. The van der Waals surface area contributed by atoms with E-state index in [1.165, 1.54) is 6.92 Å². The molecule has 1 aliphatic rings. The van der Waals surface area contributed by atoms with Crippen molar-refractivity contribution in [1.29, 1.82) is 0 Å². The summed E-state index contributed by atoms with van der Waals surface area (Å²) in [4.78, 5) is 43.2. The number of esters is 3. The largest absolute Gasteiger partial charge is 0.456 e. The van der Waals surface area contributed by atoms with Gasteiger partial charge in [-0.15, -0.1) is 0 Å². The molecule has 0 aromatic rings. The van der Waals surface area contributed by atoms with Gasteiger partial charge in [-0.3, -0.25) is 23.5 Å². The first-order chi connectivity index (χ1) is 9.54. The van der Waals surface area contributed by atoms with E-state index in [2.05, 4.69) is 0 Å². The summed E-state index contributed by atoms with van der Waals surface area (Å²) < 4.78 is 31.5. The molecule has 1 fully saturated rings. The lowest BCUT2D eigenvalue weighted by Gasteiger charge is -2.40. The summed E-state index contributed by atoms with van der Waals surface area (Å²) in [6.45, 7) is 4.57. The molecule has 0 aromatic heterocycles. The average Bonchev–Trinajstić information content (AvgIpc) is 2.27. The van der Waals surface area contributed by atoms with Crippen molar-refractivity contribution in [2.24, 2.45) is 0 Å². The van der Waals surface area contributed by atoms with Crippen molar-refractivity contribution in [3.8, 4) is 0 Å². The van der Waals surface area contributed by atoms with Gasteiger partial charge in [0.1, 0.15) is 6.10 Å². The Labute approximate surface area is 121 Å². The fraction of sp³-hybridized carbons (Fsp3) is 0.727. The number of hydrogen-bond donors (Lipinski definition) is 1. The van der Waals surface area contributed by atoms with Crippen LogP contribution in [0, 0.1) is 0 Å². The van der Waals surface area contributed by atoms with E-state index in [4.69, 9.17) is 18.7 Å². The van der Waals surface area contributed by atoms with Crippen LogP contribution in [-0.2, 0) is 37.7 Å². The van der Waals surface area contributed by atoms with Crippen molar-refractivity contribution in [1.82, 2.24) is 0 Å². The Hall–Kier alpha value is -1.44. The van der Waals surface area contributed by atoms with Crippen molar-refractivity contribution >= 4 is 25.5 Å². The van der Waals surface area contributed by atoms with E-state index in [-0.39, 0.29) is 0 Å². The van der Waals surface area contributed by atoms with Crippen LogP contribution in [0.2, 0.25) is 0 Å². The zero-order valence-electron chi connectivity index (χ0n) is 12.0. The van der Waals surface area contributed by atoms with Gasteiger partial charge >= 0.3 is 25.5 Å². The third kappa shape index (κ3) is 4.52. The quantitative estimate of drug-likeness (QED) is 0.444. The molecule has 1 unspecified atom stereocenters. The first-order valence-electron chi connectivity index (χ1n) is 6.07. The van der Waals surface area contributed by atoms with Crippen molar-refractivity contribution < 1.29 is 42.6 Å². The Morgan fingerprint density at radius 1 is 0.952 bits per heavy atom. The molecule has 10 heteroatoms. The Morgan fingerprint density at radius 2 is 1.38 bits per heavy atom. The summed E-state index contributed by atoms with van der Waals surface area (Å²) in [6.07, 6.45) is -3.64. The predicted molar refractivity (Wildman–Crippen MR) is 67.0 cm³/mol. The Bertz CT molecular complexity index is 488. The molecule has 9 nitrogen and oxygen atoms in total. The number of ether oxygens (including phenoxy) is 3. The molecule has 1 heterocycles. The van der Waals surface area contributed by atoms with E-state index in [9.17, 15) is 23.8 Å². The molecule has 0 radical (unpaired) electrons. The lowest BCUT2D eigenvalue weighted by atomic mass is 10.1. The Morgan fingerprint density at radius 3 is 1.81 bits per heavy atom. The number of hydrogen-bond acceptors (Lipinski definition) is 8. The fourth-order valence-corrected chi connectivity index (χ4v) is 3.55. The van der Waals surface area contributed by atoms with Crippen LogP contribution in [0.15, 0.2) is 0 Å². The van der Waals surface area contributed by atoms with Crippen molar-refractivity contribution in [2.75, 3.05) is 0 Å². The van der Waals surface area contributed by atoms with Crippen LogP contribution >= 0.6 is 7.60 Å². The summed E-state index contributed by atoms with van der Waals surface area (Å²) in [7, 11) is -4.41. The smallest absolute Gasteiger partial charge is 0.372 e. The van der Waals surface area contributed by atoms with E-state index < -0.39 is 49.7 Å². The lowest BCUT2D eigenvalue weighted by molar-refractivity contribution is -0.191. The highest BCUT2D eigenvalue weighted by Crippen LogP contribution is 2.55. The number of rotatable bonds is 3. The molecule has 0 amide bonds. The molecule has 1 N–H and O–H groups in total.